The van der Waals surface area contributed by atoms with Crippen molar-refractivity contribution in [1.82, 2.24) is 0 Å². The molecule has 5 nitrogen and oxygen atoms in total. The Morgan fingerprint density at radius 3 is 2.32 bits per heavy atom. The van der Waals surface area contributed by atoms with Crippen molar-refractivity contribution in [3.8, 4) is 5.75 Å². The van der Waals surface area contributed by atoms with E-state index in [4.69, 9.17) is 10.5 Å². The smallest absolute Gasteiger partial charge is 0.265 e. The van der Waals surface area contributed by atoms with E-state index in [2.05, 4.69) is 0 Å². The van der Waals surface area contributed by atoms with Gasteiger partial charge in [0.1, 0.15) is 12.3 Å². The number of ether oxygens (including phenoxy) is 1. The number of carbonyl (C=O) groups excluding carboxylic acids is 2. The Kier molecular flexibility index (Phi) is 4.95. The van der Waals surface area contributed by atoms with Crippen molar-refractivity contribution in [3.05, 3.63) is 72.8 Å². The molecule has 5 heteroatoms. The first kappa shape index (κ1) is 16.5. The number of hydrogen-bond donors (Lipinski definition) is 1. The fraction of sp³-hybridized carbons (Fsp3) is 0.100. The van der Waals surface area contributed by atoms with Gasteiger partial charge in [0.2, 0.25) is 5.91 Å². The molecule has 2 amide bonds. The first-order chi connectivity index (χ1) is 12.1. The summed E-state index contributed by atoms with van der Waals surface area (Å²) in [5, 5.41) is 1.85. The van der Waals surface area contributed by atoms with Crippen LogP contribution in [-0.4, -0.2) is 25.0 Å². The lowest BCUT2D eigenvalue weighted by molar-refractivity contribution is -0.123. The van der Waals surface area contributed by atoms with Crippen LogP contribution in [0.5, 0.6) is 5.75 Å². The Morgan fingerprint density at radius 1 is 0.880 bits per heavy atom. The highest BCUT2D eigenvalue weighted by Crippen LogP contribution is 2.26. The minimum atomic E-state index is -0.582. The van der Waals surface area contributed by atoms with E-state index in [0.29, 0.717) is 11.4 Å². The van der Waals surface area contributed by atoms with E-state index in [1.165, 1.54) is 4.90 Å². The van der Waals surface area contributed by atoms with Crippen molar-refractivity contribution >= 4 is 28.3 Å². The van der Waals surface area contributed by atoms with Crippen molar-refractivity contribution in [2.45, 2.75) is 0 Å². The number of primary amides is 1. The number of rotatable bonds is 6. The first-order valence-electron chi connectivity index (χ1n) is 7.89. The van der Waals surface area contributed by atoms with Crippen molar-refractivity contribution in [1.29, 1.82) is 0 Å². The number of nitrogens with two attached hydrogens (primary N) is 1. The maximum Gasteiger partial charge on any atom is 0.265 e. The number of para-hydroxylation sites is 1. The molecule has 126 valence electrons. The summed E-state index contributed by atoms with van der Waals surface area (Å²) in [7, 11) is 0. The molecule has 0 aromatic heterocycles. The maximum atomic E-state index is 12.7. The summed E-state index contributed by atoms with van der Waals surface area (Å²) in [6, 6.07) is 22.3. The summed E-state index contributed by atoms with van der Waals surface area (Å²) in [6.07, 6.45) is 0. The number of hydrogen-bond acceptors (Lipinski definition) is 3. The molecule has 0 aliphatic heterocycles. The largest absolute Gasteiger partial charge is 0.484 e. The molecule has 0 saturated heterocycles. The van der Waals surface area contributed by atoms with Gasteiger partial charge >= 0.3 is 0 Å². The average molecular weight is 334 g/mol. The van der Waals surface area contributed by atoms with Gasteiger partial charge in [-0.25, -0.2) is 0 Å². The number of nitrogens with zero attached hydrogens (tertiary/aromatic N) is 1. The van der Waals surface area contributed by atoms with E-state index in [-0.39, 0.29) is 19.1 Å². The van der Waals surface area contributed by atoms with Gasteiger partial charge in [-0.2, -0.15) is 0 Å². The molecule has 3 aromatic rings. The topological polar surface area (TPSA) is 72.6 Å². The van der Waals surface area contributed by atoms with Gasteiger partial charge in [0, 0.05) is 5.39 Å². The molecule has 0 bridgehead atoms. The van der Waals surface area contributed by atoms with Gasteiger partial charge in [-0.05, 0) is 23.6 Å². The monoisotopic (exact) mass is 334 g/mol. The molecule has 3 rings (SSSR count). The lowest BCUT2D eigenvalue weighted by Crippen LogP contribution is -2.41. The van der Waals surface area contributed by atoms with E-state index < -0.39 is 5.91 Å². The first-order valence-corrected chi connectivity index (χ1v) is 7.89. The van der Waals surface area contributed by atoms with Crippen LogP contribution in [0.25, 0.3) is 10.8 Å². The van der Waals surface area contributed by atoms with E-state index in [1.54, 1.807) is 18.2 Å². The molecule has 25 heavy (non-hydrogen) atoms. The van der Waals surface area contributed by atoms with Crippen LogP contribution in [0.15, 0.2) is 72.8 Å². The lowest BCUT2D eigenvalue weighted by atomic mass is 10.1. The van der Waals surface area contributed by atoms with Gasteiger partial charge in [0.25, 0.3) is 5.91 Å². The zero-order valence-corrected chi connectivity index (χ0v) is 13.6. The summed E-state index contributed by atoms with van der Waals surface area (Å²) in [6.45, 7) is -0.383. The Bertz CT molecular complexity index is 888. The molecule has 0 aliphatic carbocycles. The number of benzene rings is 3. The average Bonchev–Trinajstić information content (AvgIpc) is 2.64. The molecule has 0 unspecified atom stereocenters. The Labute approximate surface area is 145 Å². The molecule has 0 saturated carbocycles. The van der Waals surface area contributed by atoms with Crippen LogP contribution >= 0.6 is 0 Å². The number of anilines is 1. The van der Waals surface area contributed by atoms with E-state index in [1.807, 2.05) is 54.6 Å². The highest BCUT2D eigenvalue weighted by molar-refractivity contribution is 6.06. The molecule has 0 spiro atoms. The minimum absolute atomic E-state index is 0.180. The molecule has 0 aliphatic rings. The predicted molar refractivity (Wildman–Crippen MR) is 97.4 cm³/mol. The van der Waals surface area contributed by atoms with Gasteiger partial charge in [-0.15, -0.1) is 0 Å². The van der Waals surface area contributed by atoms with Gasteiger partial charge < -0.3 is 10.5 Å². The molecule has 0 heterocycles. The summed E-state index contributed by atoms with van der Waals surface area (Å²) < 4.78 is 5.52. The third-order valence-corrected chi connectivity index (χ3v) is 3.78. The zero-order chi connectivity index (χ0) is 17.6. The summed E-state index contributed by atoms with van der Waals surface area (Å²) in [4.78, 5) is 25.5. The molecule has 0 radical (unpaired) electrons. The SMILES string of the molecule is NC(=O)CN(C(=O)COc1ccccc1)c1cccc2ccccc12. The van der Waals surface area contributed by atoms with Crippen molar-refractivity contribution < 1.29 is 14.3 Å². The highest BCUT2D eigenvalue weighted by Gasteiger charge is 2.20. The molecule has 0 fully saturated rings. The maximum absolute atomic E-state index is 12.7. The fourth-order valence-electron chi connectivity index (χ4n) is 2.65. The van der Waals surface area contributed by atoms with Crippen LogP contribution in [0.2, 0.25) is 0 Å². The van der Waals surface area contributed by atoms with Crippen LogP contribution < -0.4 is 15.4 Å². The standard InChI is InChI=1S/C20H18N2O3/c21-19(23)13-22(20(24)14-25-16-9-2-1-3-10-16)18-12-6-8-15-7-4-5-11-17(15)18/h1-12H,13-14H2,(H2,21,23). The van der Waals surface area contributed by atoms with Crippen molar-refractivity contribution in [2.24, 2.45) is 5.73 Å². The van der Waals surface area contributed by atoms with Crippen LogP contribution in [-0.2, 0) is 9.59 Å². The second-order valence-electron chi connectivity index (χ2n) is 5.55. The molecular formula is C20H18N2O3. The van der Waals surface area contributed by atoms with E-state index >= 15 is 0 Å². The van der Waals surface area contributed by atoms with Crippen LogP contribution in [0, 0.1) is 0 Å². The minimum Gasteiger partial charge on any atom is -0.484 e. The van der Waals surface area contributed by atoms with E-state index in [9.17, 15) is 9.59 Å². The fourth-order valence-corrected chi connectivity index (χ4v) is 2.65. The molecule has 0 atom stereocenters. The lowest BCUT2D eigenvalue weighted by Gasteiger charge is -2.23. The zero-order valence-electron chi connectivity index (χ0n) is 13.6. The van der Waals surface area contributed by atoms with Gasteiger partial charge in [0.15, 0.2) is 6.61 Å². The number of amides is 2. The molecule has 2 N–H and O–H groups in total. The normalized spacial score (nSPS) is 10.4. The Hall–Kier alpha value is -3.34. The third-order valence-electron chi connectivity index (χ3n) is 3.78. The van der Waals surface area contributed by atoms with Crippen molar-refractivity contribution in [2.75, 3.05) is 18.1 Å². The molecular weight excluding hydrogens is 316 g/mol. The van der Waals surface area contributed by atoms with E-state index in [0.717, 1.165) is 10.8 Å². The summed E-state index contributed by atoms with van der Waals surface area (Å²) in [5.41, 5.74) is 5.98. The van der Waals surface area contributed by atoms with Gasteiger partial charge in [-0.1, -0.05) is 54.6 Å². The van der Waals surface area contributed by atoms with Crippen LogP contribution in [0.1, 0.15) is 0 Å². The summed E-state index contributed by atoms with van der Waals surface area (Å²) >= 11 is 0. The summed E-state index contributed by atoms with van der Waals surface area (Å²) in [5.74, 6) is -0.326. The van der Waals surface area contributed by atoms with Gasteiger partial charge in [0.05, 0.1) is 5.69 Å². The highest BCUT2D eigenvalue weighted by atomic mass is 16.5. The number of fused-ring (bicyclic) bond motifs is 1. The van der Waals surface area contributed by atoms with Crippen molar-refractivity contribution in [3.63, 3.8) is 0 Å². The predicted octanol–water partition coefficient (Wildman–Crippen LogP) is 2.74. The Balaban J connectivity index is 1.88. The van der Waals surface area contributed by atoms with Crippen LogP contribution in [0.3, 0.4) is 0 Å². The molecule has 3 aromatic carbocycles. The quantitative estimate of drug-likeness (QED) is 0.753. The second kappa shape index (κ2) is 7.49. The number of carbonyl (C=O) groups is 2. The third kappa shape index (κ3) is 3.95. The van der Waals surface area contributed by atoms with Gasteiger partial charge in [-0.3, -0.25) is 14.5 Å². The second-order valence-corrected chi connectivity index (χ2v) is 5.55. The Morgan fingerprint density at radius 2 is 1.56 bits per heavy atom. The van der Waals surface area contributed by atoms with Crippen LogP contribution in [0.4, 0.5) is 5.69 Å².